The summed E-state index contributed by atoms with van der Waals surface area (Å²) in [6, 6.07) is 7.74. The summed E-state index contributed by atoms with van der Waals surface area (Å²) in [5, 5.41) is 0. The molecule has 0 aromatic heterocycles. The van der Waals surface area contributed by atoms with Gasteiger partial charge in [-0.3, -0.25) is 4.79 Å². The van der Waals surface area contributed by atoms with Crippen LogP contribution >= 0.6 is 15.9 Å². The Bertz CT molecular complexity index is 381. The van der Waals surface area contributed by atoms with Gasteiger partial charge >= 0.3 is 0 Å². The minimum Gasteiger partial charge on any atom is -0.496 e. The van der Waals surface area contributed by atoms with Crippen LogP contribution in [0, 0.1) is 0 Å². The highest BCUT2D eigenvalue weighted by molar-refractivity contribution is 9.10. The molecule has 0 N–H and O–H groups in total. The molecule has 0 saturated heterocycles. The molecule has 0 aliphatic heterocycles. The Kier molecular flexibility index (Phi) is 5.48. The molecule has 3 nitrogen and oxygen atoms in total. The van der Waals surface area contributed by atoms with E-state index >= 15 is 0 Å². The van der Waals surface area contributed by atoms with Gasteiger partial charge in [-0.15, -0.1) is 0 Å². The molecule has 0 saturated carbocycles. The third-order valence-corrected chi connectivity index (χ3v) is 3.64. The van der Waals surface area contributed by atoms with Crippen molar-refractivity contribution < 1.29 is 9.53 Å². The zero-order valence-corrected chi connectivity index (χ0v) is 12.0. The molecule has 1 rings (SSSR count). The van der Waals surface area contributed by atoms with E-state index in [1.165, 1.54) is 0 Å². The molecule has 1 unspecified atom stereocenters. The van der Waals surface area contributed by atoms with Gasteiger partial charge in [0.25, 0.3) is 0 Å². The Morgan fingerprint density at radius 1 is 1.47 bits per heavy atom. The van der Waals surface area contributed by atoms with Gasteiger partial charge in [0, 0.05) is 19.2 Å². The van der Waals surface area contributed by atoms with Crippen LogP contribution in [0.4, 0.5) is 0 Å². The minimum atomic E-state index is -0.109. The van der Waals surface area contributed by atoms with E-state index in [1.807, 2.05) is 31.2 Å². The van der Waals surface area contributed by atoms with Crippen molar-refractivity contribution in [2.24, 2.45) is 0 Å². The maximum Gasteiger partial charge on any atom is 0.236 e. The molecule has 4 heteroatoms. The smallest absolute Gasteiger partial charge is 0.236 e. The van der Waals surface area contributed by atoms with Crippen LogP contribution in [0.3, 0.4) is 0 Å². The zero-order valence-electron chi connectivity index (χ0n) is 10.4. The zero-order chi connectivity index (χ0) is 12.8. The molecule has 0 fully saturated rings. The van der Waals surface area contributed by atoms with E-state index in [-0.39, 0.29) is 10.7 Å². The van der Waals surface area contributed by atoms with E-state index < -0.39 is 0 Å². The van der Waals surface area contributed by atoms with Gasteiger partial charge in [-0.2, -0.15) is 0 Å². The lowest BCUT2D eigenvalue weighted by atomic mass is 10.2. The van der Waals surface area contributed by atoms with Gasteiger partial charge in [-0.25, -0.2) is 0 Å². The minimum absolute atomic E-state index is 0.0957. The van der Waals surface area contributed by atoms with Gasteiger partial charge in [-0.05, 0) is 12.5 Å². The number of hydrogen-bond acceptors (Lipinski definition) is 2. The molecular formula is C13H18BrNO2. The van der Waals surface area contributed by atoms with Crippen LogP contribution in [0.15, 0.2) is 24.3 Å². The molecule has 0 bridgehead atoms. The fourth-order valence-corrected chi connectivity index (χ4v) is 1.93. The molecule has 0 aliphatic rings. The molecule has 0 spiro atoms. The molecule has 0 radical (unpaired) electrons. The van der Waals surface area contributed by atoms with Crippen molar-refractivity contribution in [2.45, 2.75) is 24.7 Å². The molecule has 94 valence electrons. The van der Waals surface area contributed by atoms with Gasteiger partial charge in [0.2, 0.25) is 5.91 Å². The fourth-order valence-electron chi connectivity index (χ4n) is 1.58. The average Bonchev–Trinajstić information content (AvgIpc) is 2.37. The monoisotopic (exact) mass is 299 g/mol. The van der Waals surface area contributed by atoms with Gasteiger partial charge in [0.15, 0.2) is 0 Å². The van der Waals surface area contributed by atoms with Crippen LogP contribution in [-0.4, -0.2) is 29.8 Å². The lowest BCUT2D eigenvalue weighted by Gasteiger charge is -2.21. The van der Waals surface area contributed by atoms with Gasteiger partial charge < -0.3 is 9.64 Å². The van der Waals surface area contributed by atoms with E-state index in [4.69, 9.17) is 4.74 Å². The molecule has 1 amide bonds. The number of nitrogens with zero attached hydrogens (tertiary/aromatic N) is 1. The number of carbonyl (C=O) groups is 1. The SMILES string of the molecule is CCC(Br)C(=O)N(C)Cc1ccccc1OC. The summed E-state index contributed by atoms with van der Waals surface area (Å²) in [5.41, 5.74) is 1.02. The Labute approximate surface area is 111 Å². The first-order valence-electron chi connectivity index (χ1n) is 5.61. The maximum atomic E-state index is 11.9. The first kappa shape index (κ1) is 14.0. The number of ether oxygens (including phenoxy) is 1. The fraction of sp³-hybridized carbons (Fsp3) is 0.462. The third kappa shape index (κ3) is 3.73. The molecule has 0 aliphatic carbocycles. The summed E-state index contributed by atoms with van der Waals surface area (Å²) in [7, 11) is 3.44. The van der Waals surface area contributed by atoms with Crippen molar-refractivity contribution in [3.63, 3.8) is 0 Å². The number of halogens is 1. The lowest BCUT2D eigenvalue weighted by Crippen LogP contribution is -2.32. The molecule has 1 aromatic carbocycles. The number of hydrogen-bond donors (Lipinski definition) is 0. The quantitative estimate of drug-likeness (QED) is 0.783. The average molecular weight is 300 g/mol. The molecular weight excluding hydrogens is 282 g/mol. The standard InChI is InChI=1S/C13H18BrNO2/c1-4-11(14)13(16)15(2)9-10-7-5-6-8-12(10)17-3/h5-8,11H,4,9H2,1-3H3. The summed E-state index contributed by atoms with van der Waals surface area (Å²) in [5.74, 6) is 0.910. The number of rotatable bonds is 5. The van der Waals surface area contributed by atoms with E-state index in [0.29, 0.717) is 6.54 Å². The van der Waals surface area contributed by atoms with Crippen molar-refractivity contribution in [1.82, 2.24) is 4.90 Å². The predicted octanol–water partition coefficient (Wildman–Crippen LogP) is 2.83. The highest BCUT2D eigenvalue weighted by Gasteiger charge is 2.18. The maximum absolute atomic E-state index is 11.9. The summed E-state index contributed by atoms with van der Waals surface area (Å²) < 4.78 is 5.26. The normalized spacial score (nSPS) is 12.0. The van der Waals surface area contributed by atoms with Crippen LogP contribution in [-0.2, 0) is 11.3 Å². The van der Waals surface area contributed by atoms with Crippen LogP contribution in [0.2, 0.25) is 0 Å². The molecule has 1 atom stereocenters. The second kappa shape index (κ2) is 6.64. The highest BCUT2D eigenvalue weighted by atomic mass is 79.9. The van der Waals surface area contributed by atoms with Crippen LogP contribution in [0.5, 0.6) is 5.75 Å². The number of para-hydroxylation sites is 1. The molecule has 0 heterocycles. The summed E-state index contributed by atoms with van der Waals surface area (Å²) in [6.45, 7) is 2.54. The van der Waals surface area contributed by atoms with Crippen LogP contribution in [0.1, 0.15) is 18.9 Å². The first-order chi connectivity index (χ1) is 8.10. The Morgan fingerprint density at radius 2 is 2.12 bits per heavy atom. The highest BCUT2D eigenvalue weighted by Crippen LogP contribution is 2.19. The van der Waals surface area contributed by atoms with Gasteiger partial charge in [0.1, 0.15) is 5.75 Å². The number of alkyl halides is 1. The van der Waals surface area contributed by atoms with Crippen molar-refractivity contribution >= 4 is 21.8 Å². The van der Waals surface area contributed by atoms with Crippen molar-refractivity contribution in [3.8, 4) is 5.75 Å². The van der Waals surface area contributed by atoms with Crippen LogP contribution in [0.25, 0.3) is 0 Å². The molecule has 1 aromatic rings. The van der Waals surface area contributed by atoms with E-state index in [2.05, 4.69) is 15.9 Å². The van der Waals surface area contributed by atoms with Crippen molar-refractivity contribution in [2.75, 3.05) is 14.2 Å². The number of methoxy groups -OCH3 is 1. The number of amides is 1. The van der Waals surface area contributed by atoms with Crippen molar-refractivity contribution in [1.29, 1.82) is 0 Å². The largest absolute Gasteiger partial charge is 0.496 e. The van der Waals surface area contributed by atoms with Crippen molar-refractivity contribution in [3.05, 3.63) is 29.8 Å². The second-order valence-electron chi connectivity index (χ2n) is 3.88. The van der Waals surface area contributed by atoms with Gasteiger partial charge in [-0.1, -0.05) is 41.1 Å². The summed E-state index contributed by atoms with van der Waals surface area (Å²) >= 11 is 3.37. The molecule has 17 heavy (non-hydrogen) atoms. The third-order valence-electron chi connectivity index (χ3n) is 2.60. The Balaban J connectivity index is 2.74. The van der Waals surface area contributed by atoms with Gasteiger partial charge in [0.05, 0.1) is 11.9 Å². The summed E-state index contributed by atoms with van der Waals surface area (Å²) in [6.07, 6.45) is 0.787. The van der Waals surface area contributed by atoms with E-state index in [0.717, 1.165) is 17.7 Å². The Hall–Kier alpha value is -1.03. The number of benzene rings is 1. The second-order valence-corrected chi connectivity index (χ2v) is 4.99. The first-order valence-corrected chi connectivity index (χ1v) is 6.52. The summed E-state index contributed by atoms with van der Waals surface area (Å²) in [4.78, 5) is 13.5. The van der Waals surface area contributed by atoms with E-state index in [1.54, 1.807) is 19.1 Å². The lowest BCUT2D eigenvalue weighted by molar-refractivity contribution is -0.129. The number of carbonyl (C=O) groups excluding carboxylic acids is 1. The van der Waals surface area contributed by atoms with Crippen LogP contribution < -0.4 is 4.74 Å². The van der Waals surface area contributed by atoms with E-state index in [9.17, 15) is 4.79 Å². The topological polar surface area (TPSA) is 29.5 Å². The predicted molar refractivity (Wildman–Crippen MR) is 72.5 cm³/mol. The Morgan fingerprint density at radius 3 is 2.71 bits per heavy atom.